The summed E-state index contributed by atoms with van der Waals surface area (Å²) in [4.78, 5) is 20.8. The van der Waals surface area contributed by atoms with Gasteiger partial charge in [-0.2, -0.15) is 0 Å². The predicted molar refractivity (Wildman–Crippen MR) is 93.5 cm³/mol. The van der Waals surface area contributed by atoms with Crippen LogP contribution in [0.4, 0.5) is 4.39 Å². The second kappa shape index (κ2) is 8.72. The topological polar surface area (TPSA) is 45.7 Å². The summed E-state index contributed by atoms with van der Waals surface area (Å²) in [5.41, 5.74) is 0.468. The van der Waals surface area contributed by atoms with Crippen molar-refractivity contribution in [3.63, 3.8) is 0 Å². The molecule has 5 nitrogen and oxygen atoms in total. The summed E-state index contributed by atoms with van der Waals surface area (Å²) >= 11 is 0. The van der Waals surface area contributed by atoms with E-state index in [1.165, 1.54) is 6.07 Å². The van der Waals surface area contributed by atoms with E-state index in [-0.39, 0.29) is 23.9 Å². The lowest BCUT2D eigenvalue weighted by Crippen LogP contribution is -2.49. The number of pyridine rings is 1. The van der Waals surface area contributed by atoms with Crippen LogP contribution in [0.2, 0.25) is 0 Å². The third-order valence-corrected chi connectivity index (χ3v) is 5.44. The number of likely N-dealkylation sites (tertiary alicyclic amines) is 2. The van der Waals surface area contributed by atoms with Crippen LogP contribution in [0.15, 0.2) is 18.3 Å². The number of amides is 1. The number of ether oxygens (including phenoxy) is 1. The van der Waals surface area contributed by atoms with E-state index in [2.05, 4.69) is 9.88 Å². The molecule has 2 aliphatic rings. The van der Waals surface area contributed by atoms with Gasteiger partial charge >= 0.3 is 0 Å². The first-order valence-corrected chi connectivity index (χ1v) is 9.33. The third-order valence-electron chi connectivity index (χ3n) is 5.44. The first kappa shape index (κ1) is 18.3. The number of halogens is 1. The van der Waals surface area contributed by atoms with Crippen LogP contribution in [0.5, 0.6) is 0 Å². The van der Waals surface area contributed by atoms with Gasteiger partial charge in [0.05, 0.1) is 11.8 Å². The molecule has 25 heavy (non-hydrogen) atoms. The number of hydrogen-bond acceptors (Lipinski definition) is 4. The Morgan fingerprint density at radius 3 is 2.84 bits per heavy atom. The second-order valence-electron chi connectivity index (χ2n) is 7.01. The van der Waals surface area contributed by atoms with Crippen molar-refractivity contribution in [3.05, 3.63) is 29.8 Å². The van der Waals surface area contributed by atoms with Crippen LogP contribution < -0.4 is 0 Å². The molecule has 0 saturated carbocycles. The molecule has 1 aromatic rings. The summed E-state index contributed by atoms with van der Waals surface area (Å²) in [5, 5.41) is 0. The third kappa shape index (κ3) is 4.55. The van der Waals surface area contributed by atoms with E-state index < -0.39 is 0 Å². The van der Waals surface area contributed by atoms with Gasteiger partial charge in [-0.1, -0.05) is 0 Å². The Morgan fingerprint density at radius 2 is 2.12 bits per heavy atom. The van der Waals surface area contributed by atoms with Crippen molar-refractivity contribution < 1.29 is 13.9 Å². The predicted octanol–water partition coefficient (Wildman–Crippen LogP) is 2.60. The molecule has 0 N–H and O–H groups in total. The zero-order valence-electron chi connectivity index (χ0n) is 15.0. The maximum atomic E-state index is 14.0. The molecule has 0 radical (unpaired) electrons. The van der Waals surface area contributed by atoms with Gasteiger partial charge in [0.25, 0.3) is 0 Å². The summed E-state index contributed by atoms with van der Waals surface area (Å²) in [7, 11) is 1.73. The second-order valence-corrected chi connectivity index (χ2v) is 7.01. The molecule has 2 atom stereocenters. The highest BCUT2D eigenvalue weighted by Gasteiger charge is 2.33. The molecule has 2 fully saturated rings. The lowest BCUT2D eigenvalue weighted by Gasteiger charge is -2.40. The molecule has 0 bridgehead atoms. The van der Waals surface area contributed by atoms with Crippen LogP contribution in [-0.4, -0.2) is 59.6 Å². The highest BCUT2D eigenvalue weighted by atomic mass is 19.1. The molecule has 1 aromatic heterocycles. The average molecular weight is 349 g/mol. The van der Waals surface area contributed by atoms with Gasteiger partial charge < -0.3 is 9.64 Å². The molecule has 3 rings (SSSR count). The van der Waals surface area contributed by atoms with E-state index in [9.17, 15) is 9.18 Å². The number of rotatable bonds is 6. The normalized spacial score (nSPS) is 24.6. The Morgan fingerprint density at radius 1 is 1.32 bits per heavy atom. The summed E-state index contributed by atoms with van der Waals surface area (Å²) in [5.74, 6) is -0.0316. The van der Waals surface area contributed by atoms with Gasteiger partial charge in [-0.3, -0.25) is 14.7 Å². The largest absolute Gasteiger partial charge is 0.380 e. The van der Waals surface area contributed by atoms with Gasteiger partial charge in [0, 0.05) is 45.4 Å². The minimum Gasteiger partial charge on any atom is -0.380 e. The summed E-state index contributed by atoms with van der Waals surface area (Å²) in [6.07, 6.45) is 7.23. The minimum atomic E-state index is -0.270. The van der Waals surface area contributed by atoms with Crippen LogP contribution in [0.1, 0.15) is 44.2 Å². The highest BCUT2D eigenvalue weighted by molar-refractivity contribution is 5.76. The lowest BCUT2D eigenvalue weighted by atomic mass is 9.94. The maximum absolute atomic E-state index is 14.0. The Balaban J connectivity index is 1.64. The number of hydrogen-bond donors (Lipinski definition) is 0. The van der Waals surface area contributed by atoms with E-state index >= 15 is 0 Å². The molecule has 0 unspecified atom stereocenters. The van der Waals surface area contributed by atoms with Gasteiger partial charge in [-0.25, -0.2) is 4.39 Å². The molecule has 0 aliphatic carbocycles. The Hall–Kier alpha value is -1.53. The van der Waals surface area contributed by atoms with E-state index in [0.29, 0.717) is 18.7 Å². The van der Waals surface area contributed by atoms with Crippen molar-refractivity contribution in [1.82, 2.24) is 14.8 Å². The van der Waals surface area contributed by atoms with Crippen molar-refractivity contribution in [2.24, 2.45) is 0 Å². The first-order valence-electron chi connectivity index (χ1n) is 9.33. The maximum Gasteiger partial charge on any atom is 0.222 e. The van der Waals surface area contributed by atoms with E-state index in [1.807, 2.05) is 4.90 Å². The monoisotopic (exact) mass is 349 g/mol. The van der Waals surface area contributed by atoms with Crippen molar-refractivity contribution in [2.45, 2.75) is 57.2 Å². The number of methoxy groups -OCH3 is 1. The van der Waals surface area contributed by atoms with E-state index in [1.54, 1.807) is 19.4 Å². The quantitative estimate of drug-likeness (QED) is 0.792. The molecule has 2 saturated heterocycles. The summed E-state index contributed by atoms with van der Waals surface area (Å²) in [6, 6.07) is 3.19. The number of aromatic nitrogens is 1. The SMILES string of the molecule is CO[C@H]1CCCN(Cc2ncccc2F)[C@H]1CCC(=O)N1CCCC1. The van der Waals surface area contributed by atoms with Crippen LogP contribution in [0, 0.1) is 5.82 Å². The standard InChI is InChI=1S/C19H28FN3O2/c1-25-18-7-5-13-23(14-16-15(20)6-4-10-21-16)17(18)8-9-19(24)22-11-2-3-12-22/h4,6,10,17-18H,2-3,5,7-9,11-14H2,1H3/t17-,18-/m0/s1. The number of piperidine rings is 1. The zero-order chi connectivity index (χ0) is 17.6. The van der Waals surface area contributed by atoms with Crippen LogP contribution in [-0.2, 0) is 16.1 Å². The fraction of sp³-hybridized carbons (Fsp3) is 0.684. The Bertz CT molecular complexity index is 578. The number of carbonyl (C=O) groups excluding carboxylic acids is 1. The molecule has 0 aromatic carbocycles. The fourth-order valence-corrected chi connectivity index (χ4v) is 4.05. The molecule has 2 aliphatic heterocycles. The highest BCUT2D eigenvalue weighted by Crippen LogP contribution is 2.26. The van der Waals surface area contributed by atoms with E-state index in [4.69, 9.17) is 4.74 Å². The molecular formula is C19H28FN3O2. The van der Waals surface area contributed by atoms with Gasteiger partial charge in [0.1, 0.15) is 5.82 Å². The zero-order valence-corrected chi connectivity index (χ0v) is 15.0. The Kier molecular flexibility index (Phi) is 6.37. The molecule has 3 heterocycles. The number of carbonyl (C=O) groups is 1. The van der Waals surface area contributed by atoms with Gasteiger partial charge in [0.15, 0.2) is 0 Å². The summed E-state index contributed by atoms with van der Waals surface area (Å²) in [6.45, 7) is 3.13. The first-order chi connectivity index (χ1) is 12.2. The van der Waals surface area contributed by atoms with Crippen molar-refractivity contribution in [3.8, 4) is 0 Å². The number of nitrogens with zero attached hydrogens (tertiary/aromatic N) is 3. The molecule has 138 valence electrons. The van der Waals surface area contributed by atoms with E-state index in [0.717, 1.165) is 51.7 Å². The molecular weight excluding hydrogens is 321 g/mol. The fourth-order valence-electron chi connectivity index (χ4n) is 4.05. The van der Waals surface area contributed by atoms with Gasteiger partial charge in [-0.05, 0) is 50.8 Å². The van der Waals surface area contributed by atoms with Crippen LogP contribution >= 0.6 is 0 Å². The minimum absolute atomic E-state index is 0.0897. The molecule has 1 amide bonds. The van der Waals surface area contributed by atoms with Crippen LogP contribution in [0.3, 0.4) is 0 Å². The molecule has 6 heteroatoms. The van der Waals surface area contributed by atoms with Crippen molar-refractivity contribution in [2.75, 3.05) is 26.7 Å². The van der Waals surface area contributed by atoms with Gasteiger partial charge in [-0.15, -0.1) is 0 Å². The smallest absolute Gasteiger partial charge is 0.222 e. The van der Waals surface area contributed by atoms with Gasteiger partial charge in [0.2, 0.25) is 5.91 Å². The average Bonchev–Trinajstić information content (AvgIpc) is 3.17. The van der Waals surface area contributed by atoms with Crippen molar-refractivity contribution >= 4 is 5.91 Å². The molecule has 0 spiro atoms. The summed E-state index contributed by atoms with van der Waals surface area (Å²) < 4.78 is 19.7. The van der Waals surface area contributed by atoms with Crippen molar-refractivity contribution in [1.29, 1.82) is 0 Å². The Labute approximate surface area is 149 Å². The van der Waals surface area contributed by atoms with Crippen LogP contribution in [0.25, 0.3) is 0 Å². The lowest BCUT2D eigenvalue weighted by molar-refractivity contribution is -0.131.